The molecule has 270 valence electrons. The molecule has 2 saturated carbocycles. The second-order valence-electron chi connectivity index (χ2n) is 15.2. The molecule has 1 saturated heterocycles. The van der Waals surface area contributed by atoms with E-state index in [4.69, 9.17) is 0 Å². The smallest absolute Gasteiger partial charge is 0.289 e. The largest absolute Gasteiger partial charge is 0.347 e. The number of rotatable bonds is 15. The van der Waals surface area contributed by atoms with E-state index in [9.17, 15) is 28.8 Å². The summed E-state index contributed by atoms with van der Waals surface area (Å²) in [6.45, 7) is 10.1. The van der Waals surface area contributed by atoms with Gasteiger partial charge in [0.15, 0.2) is 0 Å². The predicted octanol–water partition coefficient (Wildman–Crippen LogP) is 2.84. The van der Waals surface area contributed by atoms with Crippen molar-refractivity contribution in [3.63, 3.8) is 0 Å². The molecule has 3 aliphatic rings. The molecule has 1 aliphatic heterocycles. The molecule has 0 radical (unpaired) electrons. The van der Waals surface area contributed by atoms with Gasteiger partial charge in [-0.1, -0.05) is 66.7 Å². The normalized spacial score (nSPS) is 21.6. The average molecular weight is 682 g/mol. The van der Waals surface area contributed by atoms with Gasteiger partial charge in [-0.2, -0.15) is 0 Å². The van der Waals surface area contributed by atoms with Crippen LogP contribution in [0.1, 0.15) is 122 Å². The van der Waals surface area contributed by atoms with E-state index >= 15 is 0 Å². The highest BCUT2D eigenvalue weighted by atomic mass is 16.2. The van der Waals surface area contributed by atoms with Crippen molar-refractivity contribution >= 4 is 35.3 Å². The standard InChI is InChI=1S/C36H55N7O6/c1-6-11-25(30(44)34(48)39-24-14-15-24)40-33(47)29-22(7-2)16-19-43(29)35(49)28(23-12-9-8-10-13-23)42-31(45)26(20-36(3,4)5)41-32(46)27-21-37-17-18-38-27/h17-18,21-26,28-29H,6-16,19-20H2,1-5H3,(H,39,48)(H,40,47)(H,41,46)(H,42,45)/t22-,25?,26-,28-,29-/m0/s1. The summed E-state index contributed by atoms with van der Waals surface area (Å²) < 4.78 is 0. The zero-order chi connectivity index (χ0) is 35.7. The molecule has 4 rings (SSSR count). The van der Waals surface area contributed by atoms with Crippen LogP contribution in [0, 0.1) is 17.3 Å². The quantitative estimate of drug-likeness (QED) is 0.204. The third-order valence-corrected chi connectivity index (χ3v) is 9.87. The van der Waals surface area contributed by atoms with Gasteiger partial charge < -0.3 is 26.2 Å². The second kappa shape index (κ2) is 17.2. The lowest BCUT2D eigenvalue weighted by molar-refractivity contribution is -0.145. The molecule has 4 N–H and O–H groups in total. The molecule has 13 heteroatoms. The highest BCUT2D eigenvalue weighted by Crippen LogP contribution is 2.33. The van der Waals surface area contributed by atoms with Crippen molar-refractivity contribution in [2.45, 2.75) is 142 Å². The number of amides is 5. The summed E-state index contributed by atoms with van der Waals surface area (Å²) in [6.07, 6.45) is 12.7. The number of carbonyl (C=O) groups excluding carboxylic acids is 6. The Morgan fingerprint density at radius 3 is 2.20 bits per heavy atom. The number of likely N-dealkylation sites (tertiary alicyclic amines) is 1. The summed E-state index contributed by atoms with van der Waals surface area (Å²) >= 11 is 0. The fraction of sp³-hybridized carbons (Fsp3) is 0.722. The minimum Gasteiger partial charge on any atom is -0.347 e. The molecule has 1 aromatic heterocycles. The van der Waals surface area contributed by atoms with Crippen LogP contribution >= 0.6 is 0 Å². The van der Waals surface area contributed by atoms with Gasteiger partial charge in [-0.3, -0.25) is 33.8 Å². The van der Waals surface area contributed by atoms with Gasteiger partial charge in [-0.15, -0.1) is 0 Å². The van der Waals surface area contributed by atoms with Gasteiger partial charge in [-0.25, -0.2) is 4.98 Å². The maximum absolute atomic E-state index is 14.6. The molecule has 0 aromatic carbocycles. The fourth-order valence-electron chi connectivity index (χ4n) is 7.10. The maximum atomic E-state index is 14.6. The van der Waals surface area contributed by atoms with Gasteiger partial charge >= 0.3 is 0 Å². The Kier molecular flexibility index (Phi) is 13.3. The van der Waals surface area contributed by atoms with E-state index < -0.39 is 53.6 Å². The number of nitrogens with zero attached hydrogens (tertiary/aromatic N) is 3. The van der Waals surface area contributed by atoms with Gasteiger partial charge in [0.05, 0.1) is 12.2 Å². The Morgan fingerprint density at radius 1 is 0.898 bits per heavy atom. The molecular weight excluding hydrogens is 626 g/mol. The minimum atomic E-state index is -0.990. The van der Waals surface area contributed by atoms with E-state index in [1.165, 1.54) is 18.6 Å². The number of ketones is 1. The zero-order valence-electron chi connectivity index (χ0n) is 29.8. The van der Waals surface area contributed by atoms with Crippen LogP contribution in [0.25, 0.3) is 0 Å². The number of nitrogens with one attached hydrogen (secondary N) is 4. The molecule has 0 bridgehead atoms. The lowest BCUT2D eigenvalue weighted by Gasteiger charge is -2.36. The lowest BCUT2D eigenvalue weighted by Crippen LogP contribution is -2.60. The number of hydrogen-bond acceptors (Lipinski definition) is 8. The van der Waals surface area contributed by atoms with Crippen LogP contribution in [0.15, 0.2) is 18.6 Å². The van der Waals surface area contributed by atoms with Crippen molar-refractivity contribution in [1.82, 2.24) is 36.1 Å². The van der Waals surface area contributed by atoms with Gasteiger partial charge in [-0.05, 0) is 62.2 Å². The van der Waals surface area contributed by atoms with Crippen LogP contribution in [0.2, 0.25) is 0 Å². The fourth-order valence-corrected chi connectivity index (χ4v) is 7.10. The number of carbonyl (C=O) groups is 6. The Bertz CT molecular complexity index is 1340. The van der Waals surface area contributed by atoms with Crippen molar-refractivity contribution in [3.05, 3.63) is 24.3 Å². The minimum absolute atomic E-state index is 0.0112. The summed E-state index contributed by atoms with van der Waals surface area (Å²) in [5.74, 6) is -3.46. The average Bonchev–Trinajstić information content (AvgIpc) is 3.79. The molecule has 5 amide bonds. The first-order valence-corrected chi connectivity index (χ1v) is 18.2. The van der Waals surface area contributed by atoms with Crippen molar-refractivity contribution in [2.24, 2.45) is 17.3 Å². The monoisotopic (exact) mass is 681 g/mol. The van der Waals surface area contributed by atoms with Crippen LogP contribution in [-0.4, -0.2) is 86.9 Å². The first-order chi connectivity index (χ1) is 23.3. The second-order valence-corrected chi connectivity index (χ2v) is 15.2. The first kappa shape index (κ1) is 37.9. The molecule has 1 aromatic rings. The predicted molar refractivity (Wildman–Crippen MR) is 183 cm³/mol. The molecule has 2 heterocycles. The van der Waals surface area contributed by atoms with Crippen molar-refractivity contribution in [1.29, 1.82) is 0 Å². The van der Waals surface area contributed by atoms with E-state index in [0.717, 1.165) is 44.9 Å². The summed E-state index contributed by atoms with van der Waals surface area (Å²) in [6, 6.07) is -3.67. The van der Waals surface area contributed by atoms with Crippen molar-refractivity contribution in [3.8, 4) is 0 Å². The van der Waals surface area contributed by atoms with Gasteiger partial charge in [0, 0.05) is 25.0 Å². The van der Waals surface area contributed by atoms with E-state index in [-0.39, 0.29) is 34.9 Å². The lowest BCUT2D eigenvalue weighted by atomic mass is 9.82. The number of hydrogen-bond donors (Lipinski definition) is 4. The third-order valence-electron chi connectivity index (χ3n) is 9.87. The highest BCUT2D eigenvalue weighted by molar-refractivity contribution is 6.38. The van der Waals surface area contributed by atoms with Crippen LogP contribution in [0.5, 0.6) is 0 Å². The Hall–Kier alpha value is -3.90. The Morgan fingerprint density at radius 2 is 1.61 bits per heavy atom. The molecule has 5 atom stereocenters. The van der Waals surface area contributed by atoms with E-state index in [1.54, 1.807) is 4.90 Å². The molecule has 3 fully saturated rings. The molecule has 0 spiro atoms. The molecular formula is C36H55N7O6. The van der Waals surface area contributed by atoms with E-state index in [1.807, 2.05) is 34.6 Å². The SMILES string of the molecule is CCCC(NC(=O)[C@@H]1[C@@H](CC)CCN1C(=O)[C@@H](NC(=O)[C@H](CC(C)(C)C)NC(=O)c1cnccn1)C1CCCCC1)C(=O)C(=O)NC1CC1. The molecule has 49 heavy (non-hydrogen) atoms. The van der Waals surface area contributed by atoms with E-state index in [2.05, 4.69) is 31.2 Å². The summed E-state index contributed by atoms with van der Waals surface area (Å²) in [5, 5.41) is 11.4. The summed E-state index contributed by atoms with van der Waals surface area (Å²) in [5.41, 5.74) is -0.258. The van der Waals surface area contributed by atoms with Crippen molar-refractivity contribution in [2.75, 3.05) is 6.54 Å². The first-order valence-electron chi connectivity index (χ1n) is 18.2. The summed E-state index contributed by atoms with van der Waals surface area (Å²) in [4.78, 5) is 91.0. The van der Waals surface area contributed by atoms with Gasteiger partial charge in [0.2, 0.25) is 23.5 Å². The number of aromatic nitrogens is 2. The van der Waals surface area contributed by atoms with Crippen LogP contribution in [0.3, 0.4) is 0 Å². The molecule has 1 unspecified atom stereocenters. The van der Waals surface area contributed by atoms with Crippen LogP contribution in [0.4, 0.5) is 0 Å². The van der Waals surface area contributed by atoms with E-state index in [0.29, 0.717) is 38.6 Å². The van der Waals surface area contributed by atoms with Crippen LogP contribution in [-0.2, 0) is 24.0 Å². The number of Topliss-reactive ketones (excluding diaryl/α,β-unsaturated/α-hetero) is 1. The zero-order valence-corrected chi connectivity index (χ0v) is 29.8. The maximum Gasteiger partial charge on any atom is 0.289 e. The van der Waals surface area contributed by atoms with Gasteiger partial charge in [0.1, 0.15) is 23.8 Å². The van der Waals surface area contributed by atoms with Crippen molar-refractivity contribution < 1.29 is 28.8 Å². The Labute approximate surface area is 289 Å². The molecule has 2 aliphatic carbocycles. The van der Waals surface area contributed by atoms with Gasteiger partial charge in [0.25, 0.3) is 11.8 Å². The molecule has 13 nitrogen and oxygen atoms in total. The third kappa shape index (κ3) is 10.5. The highest BCUT2D eigenvalue weighted by Gasteiger charge is 2.46. The van der Waals surface area contributed by atoms with Crippen LogP contribution < -0.4 is 21.3 Å². The summed E-state index contributed by atoms with van der Waals surface area (Å²) in [7, 11) is 0. The topological polar surface area (TPSA) is 180 Å². The Balaban J connectivity index is 1.56.